The molecule has 0 fully saturated rings. The average Bonchev–Trinajstić information content (AvgIpc) is 3.08. The highest BCUT2D eigenvalue weighted by Crippen LogP contribution is 2.32. The highest BCUT2D eigenvalue weighted by atomic mass is 19.1. The molecule has 108 valence electrons. The molecule has 0 amide bonds. The highest BCUT2D eigenvalue weighted by molar-refractivity contribution is 5.79. The number of hydrogen-bond acceptors (Lipinski definition) is 5. The first-order chi connectivity index (χ1) is 10.7. The van der Waals surface area contributed by atoms with Crippen LogP contribution in [0.3, 0.4) is 0 Å². The van der Waals surface area contributed by atoms with Crippen molar-refractivity contribution < 1.29 is 8.81 Å². The van der Waals surface area contributed by atoms with Crippen LogP contribution in [0.25, 0.3) is 28.5 Å². The van der Waals surface area contributed by atoms with Crippen molar-refractivity contribution in [1.82, 2.24) is 19.4 Å². The van der Waals surface area contributed by atoms with E-state index >= 15 is 0 Å². The van der Waals surface area contributed by atoms with Crippen molar-refractivity contribution in [3.05, 3.63) is 54.8 Å². The fraction of sp³-hybridized carbons (Fsp3) is 0. The first kappa shape index (κ1) is 12.5. The second-order valence-electron chi connectivity index (χ2n) is 4.67. The maximum Gasteiger partial charge on any atom is 0.306 e. The van der Waals surface area contributed by atoms with E-state index in [1.165, 1.54) is 18.4 Å². The number of anilines is 1. The van der Waals surface area contributed by atoms with Gasteiger partial charge in [-0.15, -0.1) is 0 Å². The maximum absolute atomic E-state index is 13.1. The summed E-state index contributed by atoms with van der Waals surface area (Å²) in [5.41, 5.74) is 8.39. The average molecular weight is 295 g/mol. The van der Waals surface area contributed by atoms with Gasteiger partial charge in [0, 0.05) is 18.0 Å². The van der Waals surface area contributed by atoms with Crippen LogP contribution in [0, 0.1) is 5.82 Å². The molecule has 0 saturated heterocycles. The Balaban J connectivity index is 2.01. The largest absolute Gasteiger partial charge is 0.432 e. The summed E-state index contributed by atoms with van der Waals surface area (Å²) in [6.07, 6.45) is 4.85. The molecule has 0 aliphatic heterocycles. The number of fused-ring (bicyclic) bond motifs is 1. The number of hydrogen-bond donors (Lipinski definition) is 1. The molecule has 0 aliphatic carbocycles. The lowest BCUT2D eigenvalue weighted by molar-refractivity contribution is 0.596. The molecule has 0 spiro atoms. The Bertz CT molecular complexity index is 958. The van der Waals surface area contributed by atoms with Crippen LogP contribution in [0.5, 0.6) is 0 Å². The third kappa shape index (κ3) is 1.91. The minimum Gasteiger partial charge on any atom is -0.432 e. The molecule has 4 rings (SSSR count). The molecule has 2 N–H and O–H groups in total. The van der Waals surface area contributed by atoms with Crippen molar-refractivity contribution in [3.8, 4) is 22.6 Å². The Morgan fingerprint density at radius 2 is 1.91 bits per heavy atom. The summed E-state index contributed by atoms with van der Waals surface area (Å²) < 4.78 is 20.2. The summed E-state index contributed by atoms with van der Waals surface area (Å²) in [6.45, 7) is 0. The van der Waals surface area contributed by atoms with Crippen molar-refractivity contribution in [1.29, 1.82) is 0 Å². The lowest BCUT2D eigenvalue weighted by Crippen LogP contribution is -1.97. The number of aromatic nitrogens is 4. The van der Waals surface area contributed by atoms with Gasteiger partial charge in [0.05, 0.1) is 5.69 Å². The van der Waals surface area contributed by atoms with Crippen molar-refractivity contribution >= 4 is 11.8 Å². The standard InChI is InChI=1S/C15H10FN5O/c16-10-3-1-9(2-4-10)12-13(11-5-6-18-14(17)19-11)21-7-8-22-15(21)20-12/h1-8H,(H2,17,18,19). The minimum atomic E-state index is -0.306. The van der Waals surface area contributed by atoms with Gasteiger partial charge < -0.3 is 10.2 Å². The van der Waals surface area contributed by atoms with Crippen LogP contribution in [0.1, 0.15) is 0 Å². The summed E-state index contributed by atoms with van der Waals surface area (Å²) >= 11 is 0. The van der Waals surface area contributed by atoms with E-state index in [1.807, 2.05) is 0 Å². The number of oxazole rings is 1. The SMILES string of the molecule is Nc1nccc(-c2c(-c3ccc(F)cc3)nc3occn23)n1. The second-order valence-corrected chi connectivity index (χ2v) is 4.67. The molecular weight excluding hydrogens is 285 g/mol. The van der Waals surface area contributed by atoms with Gasteiger partial charge in [-0.25, -0.2) is 14.4 Å². The van der Waals surface area contributed by atoms with Gasteiger partial charge in [-0.3, -0.25) is 4.40 Å². The quantitative estimate of drug-likeness (QED) is 0.615. The summed E-state index contributed by atoms with van der Waals surface area (Å²) in [5.74, 6) is 0.284. The predicted octanol–water partition coefficient (Wildman–Crippen LogP) is 2.77. The number of rotatable bonds is 2. The molecule has 6 nitrogen and oxygen atoms in total. The first-order valence-corrected chi connectivity index (χ1v) is 6.53. The summed E-state index contributed by atoms with van der Waals surface area (Å²) in [4.78, 5) is 12.6. The van der Waals surface area contributed by atoms with Crippen LogP contribution >= 0.6 is 0 Å². The molecule has 0 atom stereocenters. The Hall–Kier alpha value is -3.22. The van der Waals surface area contributed by atoms with Gasteiger partial charge in [-0.05, 0) is 30.3 Å². The molecule has 3 aromatic heterocycles. The van der Waals surface area contributed by atoms with Crippen molar-refractivity contribution in [2.45, 2.75) is 0 Å². The van der Waals surface area contributed by atoms with E-state index in [0.717, 1.165) is 5.56 Å². The van der Waals surface area contributed by atoms with Crippen LogP contribution < -0.4 is 5.73 Å². The van der Waals surface area contributed by atoms with E-state index < -0.39 is 0 Å². The van der Waals surface area contributed by atoms with Gasteiger partial charge in [0.2, 0.25) is 5.95 Å². The Morgan fingerprint density at radius 1 is 1.09 bits per heavy atom. The van der Waals surface area contributed by atoms with Crippen molar-refractivity contribution in [2.75, 3.05) is 5.73 Å². The predicted molar refractivity (Wildman–Crippen MR) is 78.3 cm³/mol. The monoisotopic (exact) mass is 295 g/mol. The molecule has 4 aromatic rings. The zero-order valence-electron chi connectivity index (χ0n) is 11.3. The van der Waals surface area contributed by atoms with Gasteiger partial charge in [-0.1, -0.05) is 0 Å². The van der Waals surface area contributed by atoms with E-state index in [1.54, 1.807) is 35.0 Å². The number of nitrogen functional groups attached to an aromatic ring is 1. The normalized spacial score (nSPS) is 11.1. The first-order valence-electron chi connectivity index (χ1n) is 6.53. The molecule has 0 unspecified atom stereocenters. The van der Waals surface area contributed by atoms with Crippen molar-refractivity contribution in [2.24, 2.45) is 0 Å². The molecule has 22 heavy (non-hydrogen) atoms. The minimum absolute atomic E-state index is 0.168. The molecule has 7 heteroatoms. The molecule has 0 aliphatic rings. The fourth-order valence-electron chi connectivity index (χ4n) is 2.35. The third-order valence-corrected chi connectivity index (χ3v) is 3.30. The number of nitrogens with zero attached hydrogens (tertiary/aromatic N) is 4. The van der Waals surface area contributed by atoms with E-state index in [0.29, 0.717) is 22.9 Å². The molecule has 0 radical (unpaired) electrons. The van der Waals surface area contributed by atoms with Gasteiger partial charge in [0.25, 0.3) is 0 Å². The van der Waals surface area contributed by atoms with Crippen LogP contribution in [-0.4, -0.2) is 19.4 Å². The molecule has 3 heterocycles. The summed E-state index contributed by atoms with van der Waals surface area (Å²) in [6, 6.07) is 7.82. The van der Waals surface area contributed by atoms with E-state index in [-0.39, 0.29) is 11.8 Å². The Labute approximate surface area is 124 Å². The van der Waals surface area contributed by atoms with Crippen LogP contribution in [0.15, 0.2) is 53.4 Å². The van der Waals surface area contributed by atoms with Gasteiger partial charge in [0.15, 0.2) is 0 Å². The number of nitrogens with two attached hydrogens (primary N) is 1. The summed E-state index contributed by atoms with van der Waals surface area (Å²) in [5, 5.41) is 0. The molecule has 1 aromatic carbocycles. The highest BCUT2D eigenvalue weighted by Gasteiger charge is 2.19. The third-order valence-electron chi connectivity index (χ3n) is 3.30. The lowest BCUT2D eigenvalue weighted by Gasteiger charge is -2.04. The van der Waals surface area contributed by atoms with Crippen LogP contribution in [0.4, 0.5) is 10.3 Å². The van der Waals surface area contributed by atoms with Crippen LogP contribution in [-0.2, 0) is 0 Å². The molecule has 0 bridgehead atoms. The summed E-state index contributed by atoms with van der Waals surface area (Å²) in [7, 11) is 0. The fourth-order valence-corrected chi connectivity index (χ4v) is 2.35. The number of imidazole rings is 1. The van der Waals surface area contributed by atoms with E-state index in [2.05, 4.69) is 15.0 Å². The lowest BCUT2D eigenvalue weighted by atomic mass is 10.1. The zero-order valence-corrected chi connectivity index (χ0v) is 11.3. The Morgan fingerprint density at radius 3 is 2.68 bits per heavy atom. The Kier molecular flexibility index (Phi) is 2.65. The molecule has 0 saturated carbocycles. The maximum atomic E-state index is 13.1. The van der Waals surface area contributed by atoms with Gasteiger partial charge in [-0.2, -0.15) is 4.98 Å². The number of benzene rings is 1. The van der Waals surface area contributed by atoms with E-state index in [9.17, 15) is 4.39 Å². The van der Waals surface area contributed by atoms with Crippen LogP contribution in [0.2, 0.25) is 0 Å². The van der Waals surface area contributed by atoms with Crippen molar-refractivity contribution in [3.63, 3.8) is 0 Å². The van der Waals surface area contributed by atoms with E-state index in [4.69, 9.17) is 10.2 Å². The number of halogens is 1. The smallest absolute Gasteiger partial charge is 0.306 e. The topological polar surface area (TPSA) is 82.2 Å². The van der Waals surface area contributed by atoms with Gasteiger partial charge in [0.1, 0.15) is 23.5 Å². The second kappa shape index (κ2) is 4.66. The van der Waals surface area contributed by atoms with Gasteiger partial charge >= 0.3 is 5.84 Å². The molecular formula is C15H10FN5O. The zero-order chi connectivity index (χ0) is 15.1.